The number of carbonyl (C=O) groups is 2. The van der Waals surface area contributed by atoms with Crippen LogP contribution in [0.5, 0.6) is 0 Å². The summed E-state index contributed by atoms with van der Waals surface area (Å²) < 4.78 is 5.21. The number of carbonyl (C=O) groups excluding carboxylic acids is 2. The average Bonchev–Trinajstić information content (AvgIpc) is 2.29. The lowest BCUT2D eigenvalue weighted by atomic mass is 10.1. The molecule has 1 saturated heterocycles. The molecule has 1 aliphatic heterocycles. The van der Waals surface area contributed by atoms with Crippen LogP contribution in [0.15, 0.2) is 0 Å². The molecule has 1 fully saturated rings. The molecule has 0 radical (unpaired) electrons. The van der Waals surface area contributed by atoms with Gasteiger partial charge in [0.15, 0.2) is 0 Å². The van der Waals surface area contributed by atoms with Crippen LogP contribution >= 0.6 is 0 Å². The van der Waals surface area contributed by atoms with Crippen LogP contribution in [0.3, 0.4) is 0 Å². The van der Waals surface area contributed by atoms with Gasteiger partial charge in [0.1, 0.15) is 0 Å². The zero-order chi connectivity index (χ0) is 12.5. The van der Waals surface area contributed by atoms with Gasteiger partial charge in [0.05, 0.1) is 6.54 Å². The molecule has 17 heavy (non-hydrogen) atoms. The maximum Gasteiger partial charge on any atom is 0.234 e. The van der Waals surface area contributed by atoms with Crippen LogP contribution in [0.2, 0.25) is 0 Å². The molecule has 0 aromatic carbocycles. The summed E-state index contributed by atoms with van der Waals surface area (Å²) in [6.45, 7) is 4.34. The van der Waals surface area contributed by atoms with E-state index in [0.717, 1.165) is 26.1 Å². The molecule has 0 unspecified atom stereocenters. The molecule has 6 nitrogen and oxygen atoms in total. The van der Waals surface area contributed by atoms with Gasteiger partial charge in [-0.1, -0.05) is 0 Å². The van der Waals surface area contributed by atoms with Crippen molar-refractivity contribution in [3.8, 4) is 0 Å². The minimum Gasteiger partial charge on any atom is -0.381 e. The summed E-state index contributed by atoms with van der Waals surface area (Å²) in [5.74, 6) is -0.0572. The van der Waals surface area contributed by atoms with Crippen LogP contribution < -0.4 is 16.0 Å². The van der Waals surface area contributed by atoms with Crippen molar-refractivity contribution in [2.45, 2.75) is 25.8 Å². The van der Waals surface area contributed by atoms with Crippen molar-refractivity contribution in [2.75, 3.05) is 32.8 Å². The van der Waals surface area contributed by atoms with Gasteiger partial charge in [-0.3, -0.25) is 9.59 Å². The highest BCUT2D eigenvalue weighted by Gasteiger charge is 2.15. The molecule has 6 heteroatoms. The van der Waals surface area contributed by atoms with Gasteiger partial charge in [0.25, 0.3) is 0 Å². The molecule has 2 amide bonds. The second-order valence-corrected chi connectivity index (χ2v) is 4.11. The molecule has 98 valence electrons. The highest BCUT2D eigenvalue weighted by molar-refractivity contribution is 5.78. The SMILES string of the molecule is CC(=O)NCCNCC(=O)NC1CCOCC1. The van der Waals surface area contributed by atoms with Crippen LogP contribution in [0.1, 0.15) is 19.8 Å². The summed E-state index contributed by atoms with van der Waals surface area (Å²) >= 11 is 0. The maximum absolute atomic E-state index is 11.5. The molecule has 0 saturated carbocycles. The Morgan fingerprint density at radius 2 is 1.94 bits per heavy atom. The predicted molar refractivity (Wildman–Crippen MR) is 63.5 cm³/mol. The Morgan fingerprint density at radius 3 is 2.59 bits per heavy atom. The van der Waals surface area contributed by atoms with Crippen molar-refractivity contribution in [1.29, 1.82) is 0 Å². The van der Waals surface area contributed by atoms with E-state index in [1.165, 1.54) is 6.92 Å². The van der Waals surface area contributed by atoms with E-state index < -0.39 is 0 Å². The highest BCUT2D eigenvalue weighted by Crippen LogP contribution is 2.05. The van der Waals surface area contributed by atoms with Crippen LogP contribution in [0.25, 0.3) is 0 Å². The Morgan fingerprint density at radius 1 is 1.24 bits per heavy atom. The second kappa shape index (κ2) is 8.03. The molecule has 0 aromatic rings. The third-order valence-electron chi connectivity index (χ3n) is 2.55. The van der Waals surface area contributed by atoms with Crippen LogP contribution in [0, 0.1) is 0 Å². The lowest BCUT2D eigenvalue weighted by Gasteiger charge is -2.23. The zero-order valence-corrected chi connectivity index (χ0v) is 10.3. The van der Waals surface area contributed by atoms with Gasteiger partial charge in [-0.2, -0.15) is 0 Å². The lowest BCUT2D eigenvalue weighted by molar-refractivity contribution is -0.121. The number of ether oxygens (including phenoxy) is 1. The van der Waals surface area contributed by atoms with Crippen molar-refractivity contribution in [3.63, 3.8) is 0 Å². The first-order valence-corrected chi connectivity index (χ1v) is 6.00. The lowest BCUT2D eigenvalue weighted by Crippen LogP contribution is -2.44. The van der Waals surface area contributed by atoms with E-state index in [0.29, 0.717) is 13.1 Å². The number of nitrogens with one attached hydrogen (secondary N) is 3. The monoisotopic (exact) mass is 243 g/mol. The molecule has 3 N–H and O–H groups in total. The van der Waals surface area contributed by atoms with Crippen molar-refractivity contribution >= 4 is 11.8 Å². The summed E-state index contributed by atoms with van der Waals surface area (Å²) in [6.07, 6.45) is 1.77. The molecule has 1 rings (SSSR count). The smallest absolute Gasteiger partial charge is 0.234 e. The summed E-state index contributed by atoms with van der Waals surface area (Å²) in [5.41, 5.74) is 0. The van der Waals surface area contributed by atoms with Gasteiger partial charge in [-0.05, 0) is 12.8 Å². The Hall–Kier alpha value is -1.14. The van der Waals surface area contributed by atoms with Crippen molar-refractivity contribution in [2.24, 2.45) is 0 Å². The van der Waals surface area contributed by atoms with E-state index in [-0.39, 0.29) is 24.4 Å². The summed E-state index contributed by atoms with van der Waals surface area (Å²) in [7, 11) is 0. The van der Waals surface area contributed by atoms with Gasteiger partial charge in [-0.25, -0.2) is 0 Å². The van der Waals surface area contributed by atoms with E-state index >= 15 is 0 Å². The highest BCUT2D eigenvalue weighted by atomic mass is 16.5. The van der Waals surface area contributed by atoms with Gasteiger partial charge in [0.2, 0.25) is 11.8 Å². The van der Waals surface area contributed by atoms with Crippen LogP contribution in [0.4, 0.5) is 0 Å². The fraction of sp³-hybridized carbons (Fsp3) is 0.818. The minimum atomic E-state index is -0.0570. The van der Waals surface area contributed by atoms with Gasteiger partial charge >= 0.3 is 0 Å². The first kappa shape index (κ1) is 13.9. The maximum atomic E-state index is 11.5. The Bertz CT molecular complexity index is 252. The molecule has 0 spiro atoms. The van der Waals surface area contributed by atoms with E-state index in [4.69, 9.17) is 4.74 Å². The normalized spacial score (nSPS) is 16.5. The van der Waals surface area contributed by atoms with Crippen molar-refractivity contribution < 1.29 is 14.3 Å². The van der Waals surface area contributed by atoms with E-state index in [1.54, 1.807) is 0 Å². The number of rotatable bonds is 6. The topological polar surface area (TPSA) is 79.5 Å². The molecular formula is C11H21N3O3. The summed E-state index contributed by atoms with van der Waals surface area (Å²) in [6, 6.07) is 0.244. The minimum absolute atomic E-state index is 0.000255. The molecule has 0 bridgehead atoms. The van der Waals surface area contributed by atoms with Gasteiger partial charge in [-0.15, -0.1) is 0 Å². The number of amides is 2. The fourth-order valence-corrected chi connectivity index (χ4v) is 1.65. The Labute approximate surface area is 101 Å². The Balaban J connectivity index is 1.98. The van der Waals surface area contributed by atoms with Crippen LogP contribution in [-0.2, 0) is 14.3 Å². The third kappa shape index (κ3) is 6.91. The summed E-state index contributed by atoms with van der Waals surface area (Å²) in [5, 5.41) is 8.57. The van der Waals surface area contributed by atoms with E-state index in [1.807, 2.05) is 0 Å². The van der Waals surface area contributed by atoms with E-state index in [2.05, 4.69) is 16.0 Å². The molecule has 0 aromatic heterocycles. The molecule has 1 aliphatic rings. The van der Waals surface area contributed by atoms with Crippen molar-refractivity contribution in [1.82, 2.24) is 16.0 Å². The Kier molecular flexibility index (Phi) is 6.57. The number of hydrogen-bond acceptors (Lipinski definition) is 4. The molecule has 0 atom stereocenters. The summed E-state index contributed by atoms with van der Waals surface area (Å²) in [4.78, 5) is 22.1. The van der Waals surface area contributed by atoms with Gasteiger partial charge in [0, 0.05) is 39.3 Å². The fourth-order valence-electron chi connectivity index (χ4n) is 1.65. The van der Waals surface area contributed by atoms with Gasteiger partial charge < -0.3 is 20.7 Å². The quantitative estimate of drug-likeness (QED) is 0.523. The third-order valence-corrected chi connectivity index (χ3v) is 2.55. The largest absolute Gasteiger partial charge is 0.381 e. The number of hydrogen-bond donors (Lipinski definition) is 3. The predicted octanol–water partition coefficient (Wildman–Crippen LogP) is -0.993. The molecule has 1 heterocycles. The second-order valence-electron chi connectivity index (χ2n) is 4.11. The molecular weight excluding hydrogens is 222 g/mol. The zero-order valence-electron chi connectivity index (χ0n) is 10.3. The standard InChI is InChI=1S/C11H21N3O3/c1-9(15)13-5-4-12-8-11(16)14-10-2-6-17-7-3-10/h10,12H,2-8H2,1H3,(H,13,15)(H,14,16). The first-order chi connectivity index (χ1) is 8.18. The van der Waals surface area contributed by atoms with Crippen LogP contribution in [-0.4, -0.2) is 50.7 Å². The van der Waals surface area contributed by atoms with E-state index in [9.17, 15) is 9.59 Å². The van der Waals surface area contributed by atoms with Crippen molar-refractivity contribution in [3.05, 3.63) is 0 Å². The first-order valence-electron chi connectivity index (χ1n) is 6.00. The average molecular weight is 243 g/mol. The molecule has 0 aliphatic carbocycles.